The first-order valence-corrected chi connectivity index (χ1v) is 12.3. The molecule has 0 saturated heterocycles. The summed E-state index contributed by atoms with van der Waals surface area (Å²) >= 11 is 6.16. The predicted molar refractivity (Wildman–Crippen MR) is 132 cm³/mol. The van der Waals surface area contributed by atoms with Crippen molar-refractivity contribution in [1.29, 1.82) is 5.26 Å². The topological polar surface area (TPSA) is 104 Å². The van der Waals surface area contributed by atoms with Crippen molar-refractivity contribution in [3.63, 3.8) is 0 Å². The van der Waals surface area contributed by atoms with E-state index in [-0.39, 0.29) is 29.0 Å². The average Bonchev–Trinajstić information content (AvgIpc) is 3.39. The second-order valence-electron chi connectivity index (χ2n) is 9.28. The lowest BCUT2D eigenvalue weighted by molar-refractivity contribution is -0.169. The number of amides is 1. The van der Waals surface area contributed by atoms with Gasteiger partial charge >= 0.3 is 0 Å². The first-order chi connectivity index (χ1) is 17.7. The van der Waals surface area contributed by atoms with Gasteiger partial charge in [-0.3, -0.25) is 19.5 Å². The number of pyridine rings is 1. The number of rotatable bonds is 6. The minimum absolute atomic E-state index is 0.00119. The van der Waals surface area contributed by atoms with Crippen LogP contribution in [0.3, 0.4) is 0 Å². The summed E-state index contributed by atoms with van der Waals surface area (Å²) in [6, 6.07) is 14.2. The third-order valence-corrected chi connectivity index (χ3v) is 7.19. The normalized spacial score (nSPS) is 22.7. The van der Waals surface area contributed by atoms with Crippen LogP contribution in [-0.2, 0) is 17.0 Å². The smallest absolute Gasteiger partial charge is 0.257 e. The molecule has 1 saturated carbocycles. The number of hydrogen-bond acceptors (Lipinski definition) is 6. The minimum Gasteiger partial charge on any atom is -0.390 e. The molecule has 2 heterocycles. The lowest BCUT2D eigenvalue weighted by Crippen LogP contribution is -2.50. The van der Waals surface area contributed by atoms with Crippen molar-refractivity contribution in [1.82, 2.24) is 9.88 Å². The van der Waals surface area contributed by atoms with E-state index in [4.69, 9.17) is 21.6 Å². The van der Waals surface area contributed by atoms with E-state index in [9.17, 15) is 14.7 Å². The summed E-state index contributed by atoms with van der Waals surface area (Å²) < 4.78 is 22.6. The first kappa shape index (κ1) is 25.0. The maximum absolute atomic E-state index is 16.0. The van der Waals surface area contributed by atoms with Gasteiger partial charge in [0.2, 0.25) is 5.72 Å². The molecule has 3 unspecified atom stereocenters. The molecule has 1 aliphatic heterocycles. The van der Waals surface area contributed by atoms with E-state index < -0.39 is 29.7 Å². The zero-order valence-corrected chi connectivity index (χ0v) is 20.7. The van der Waals surface area contributed by atoms with E-state index >= 15 is 4.39 Å². The number of carbonyl (C=O) groups excluding carboxylic acids is 2. The Balaban J connectivity index is 1.76. The molecule has 9 heteroatoms. The number of aromatic nitrogens is 1. The molecular formula is C28H23ClFN3O4. The molecule has 0 bridgehead atoms. The third-order valence-electron chi connectivity index (χ3n) is 6.94. The number of aliphatic hydroxyl groups excluding tert-OH is 1. The van der Waals surface area contributed by atoms with E-state index in [1.165, 1.54) is 24.1 Å². The second kappa shape index (κ2) is 9.67. The van der Waals surface area contributed by atoms with Gasteiger partial charge in [0.25, 0.3) is 5.91 Å². The summed E-state index contributed by atoms with van der Waals surface area (Å²) in [4.78, 5) is 31.8. The van der Waals surface area contributed by atoms with Crippen LogP contribution in [0.2, 0.25) is 5.02 Å². The van der Waals surface area contributed by atoms with Gasteiger partial charge in [-0.25, -0.2) is 4.39 Å². The van der Waals surface area contributed by atoms with Crippen LogP contribution in [0.15, 0.2) is 54.7 Å². The largest absolute Gasteiger partial charge is 0.390 e. The third kappa shape index (κ3) is 4.29. The van der Waals surface area contributed by atoms with E-state index in [1.54, 1.807) is 36.4 Å². The van der Waals surface area contributed by atoms with Crippen LogP contribution in [0.25, 0.3) is 0 Å². The molecule has 1 N–H and O–H groups in total. The molecule has 3 aromatic rings. The van der Waals surface area contributed by atoms with Crippen LogP contribution in [0.4, 0.5) is 4.39 Å². The summed E-state index contributed by atoms with van der Waals surface area (Å²) in [5, 5.41) is 20.2. The maximum Gasteiger partial charge on any atom is 0.257 e. The number of nitrogens with zero attached hydrogens (tertiary/aromatic N) is 3. The molecule has 3 atom stereocenters. The van der Waals surface area contributed by atoms with Crippen molar-refractivity contribution >= 4 is 23.3 Å². The van der Waals surface area contributed by atoms with Crippen LogP contribution >= 0.6 is 11.6 Å². The Morgan fingerprint density at radius 1 is 1.27 bits per heavy atom. The number of Topliss-reactive ketones (excluding diaryl/α,β-unsaturated/α-hetero) is 1. The highest BCUT2D eigenvalue weighted by molar-refractivity contribution is 6.30. The van der Waals surface area contributed by atoms with Gasteiger partial charge in [-0.2, -0.15) is 5.26 Å². The number of nitriles is 1. The van der Waals surface area contributed by atoms with Crippen LogP contribution in [0, 0.1) is 17.1 Å². The molecule has 2 aliphatic rings. The van der Waals surface area contributed by atoms with E-state index in [2.05, 4.69) is 4.98 Å². The second-order valence-corrected chi connectivity index (χ2v) is 9.72. The minimum atomic E-state index is -1.76. The fraction of sp³-hybridized carbons (Fsp3) is 0.286. The highest BCUT2D eigenvalue weighted by Crippen LogP contribution is 2.49. The summed E-state index contributed by atoms with van der Waals surface area (Å²) in [6.07, 6.45) is 1.69. The van der Waals surface area contributed by atoms with Crippen molar-refractivity contribution < 1.29 is 23.8 Å². The molecule has 1 aromatic heterocycles. The van der Waals surface area contributed by atoms with E-state index in [0.717, 1.165) is 6.07 Å². The van der Waals surface area contributed by atoms with Gasteiger partial charge in [-0.15, -0.1) is 0 Å². The predicted octanol–water partition coefficient (Wildman–Crippen LogP) is 4.74. The highest BCUT2D eigenvalue weighted by atomic mass is 35.5. The fourth-order valence-corrected chi connectivity index (χ4v) is 5.23. The van der Waals surface area contributed by atoms with Crippen molar-refractivity contribution in [2.75, 3.05) is 0 Å². The number of ether oxygens (including phenoxy) is 1. The number of carbonyl (C=O) groups is 2. The van der Waals surface area contributed by atoms with Crippen LogP contribution in [0.5, 0.6) is 0 Å². The zero-order chi connectivity index (χ0) is 26.3. The zero-order valence-electron chi connectivity index (χ0n) is 19.9. The Labute approximate surface area is 218 Å². The number of halogens is 2. The van der Waals surface area contributed by atoms with Crippen molar-refractivity contribution in [3.05, 3.63) is 99.1 Å². The van der Waals surface area contributed by atoms with Gasteiger partial charge < -0.3 is 9.84 Å². The van der Waals surface area contributed by atoms with Gasteiger partial charge in [0.1, 0.15) is 11.9 Å². The summed E-state index contributed by atoms with van der Waals surface area (Å²) in [6.45, 7) is 1.22. The summed E-state index contributed by atoms with van der Waals surface area (Å²) in [7, 11) is 0. The van der Waals surface area contributed by atoms with E-state index in [1.807, 2.05) is 6.07 Å². The average molecular weight is 520 g/mol. The molecule has 37 heavy (non-hydrogen) atoms. The van der Waals surface area contributed by atoms with Gasteiger partial charge in [0.15, 0.2) is 5.78 Å². The standard InChI is InChI=1S/C28H23ClFN3O4/c1-16(34)18-11-22-26(23(30)12-18)28(19-6-8-20(29)9-7-19,37-25-4-2-3-24(25)35)33(27(22)36)15-21-10-5-17(13-31)14-32-21/h5-12,14,24-25,35H,2-4,15H2,1H3. The lowest BCUT2D eigenvalue weighted by Gasteiger charge is -2.41. The van der Waals surface area contributed by atoms with Gasteiger partial charge in [-0.1, -0.05) is 23.7 Å². The first-order valence-electron chi connectivity index (χ1n) is 11.9. The number of benzene rings is 2. The lowest BCUT2D eigenvalue weighted by atomic mass is 9.90. The molecule has 1 fully saturated rings. The molecule has 0 radical (unpaired) electrons. The fourth-order valence-electron chi connectivity index (χ4n) is 5.11. The van der Waals surface area contributed by atoms with Crippen molar-refractivity contribution in [2.24, 2.45) is 0 Å². The number of hydrogen-bond donors (Lipinski definition) is 1. The molecule has 188 valence electrons. The SMILES string of the molecule is CC(=O)c1cc(F)c2c(c1)C(=O)N(Cc1ccc(C#N)cn1)C2(OC1CCCC1O)c1ccc(Cl)cc1. The molecule has 1 amide bonds. The van der Waals surface area contributed by atoms with Crippen LogP contribution in [0.1, 0.15) is 69.3 Å². The molecule has 7 nitrogen and oxygen atoms in total. The molecule has 1 aliphatic carbocycles. The monoisotopic (exact) mass is 519 g/mol. The van der Waals surface area contributed by atoms with Crippen LogP contribution < -0.4 is 0 Å². The van der Waals surface area contributed by atoms with Crippen molar-refractivity contribution in [2.45, 2.75) is 50.7 Å². The van der Waals surface area contributed by atoms with Gasteiger partial charge in [0.05, 0.1) is 41.1 Å². The number of ketones is 1. The summed E-state index contributed by atoms with van der Waals surface area (Å²) in [5.41, 5.74) is -0.492. The van der Waals surface area contributed by atoms with E-state index in [0.29, 0.717) is 41.1 Å². The molecular weight excluding hydrogens is 497 g/mol. The summed E-state index contributed by atoms with van der Waals surface area (Å²) in [5.74, 6) is -1.70. The highest BCUT2D eigenvalue weighted by Gasteiger charge is 2.56. The number of aliphatic hydroxyl groups is 1. The Morgan fingerprint density at radius 2 is 2.03 bits per heavy atom. The van der Waals surface area contributed by atoms with Gasteiger partial charge in [-0.05, 0) is 62.6 Å². The quantitative estimate of drug-likeness (QED) is 0.472. The Kier molecular flexibility index (Phi) is 6.54. The molecule has 0 spiro atoms. The van der Waals surface area contributed by atoms with Gasteiger partial charge in [0, 0.05) is 22.3 Å². The number of fused-ring (bicyclic) bond motifs is 1. The Morgan fingerprint density at radius 3 is 2.62 bits per heavy atom. The Hall–Kier alpha value is -3.64. The maximum atomic E-state index is 16.0. The Bertz CT molecular complexity index is 1420. The molecule has 5 rings (SSSR count). The van der Waals surface area contributed by atoms with Crippen LogP contribution in [-0.4, -0.2) is 38.9 Å². The van der Waals surface area contributed by atoms with Crippen molar-refractivity contribution in [3.8, 4) is 6.07 Å². The molecule has 2 aromatic carbocycles.